The maximum Gasteiger partial charge on any atom is 0.258 e. The topological polar surface area (TPSA) is 38.3 Å². The average Bonchev–Trinajstić information content (AvgIpc) is 2.45. The molecule has 0 radical (unpaired) electrons. The molecule has 0 aliphatic rings. The van der Waals surface area contributed by atoms with Crippen LogP contribution in [0.15, 0.2) is 48.5 Å². The second kappa shape index (κ2) is 7.09. The van der Waals surface area contributed by atoms with Gasteiger partial charge >= 0.3 is 0 Å². The number of hydrogen-bond acceptors (Lipinski definition) is 2. The van der Waals surface area contributed by atoms with Crippen molar-refractivity contribution < 1.29 is 13.9 Å². The Kier molecular flexibility index (Phi) is 5.17. The van der Waals surface area contributed by atoms with Crippen LogP contribution in [-0.2, 0) is 4.79 Å². The highest BCUT2D eigenvalue weighted by Crippen LogP contribution is 2.22. The maximum absolute atomic E-state index is 13.0. The summed E-state index contributed by atoms with van der Waals surface area (Å²) in [6.45, 7) is 1.65. The first-order valence-corrected chi connectivity index (χ1v) is 6.86. The zero-order valence-corrected chi connectivity index (χ0v) is 12.2. The molecule has 2 rings (SSSR count). The van der Waals surface area contributed by atoms with E-state index in [0.717, 1.165) is 5.56 Å². The summed E-state index contributed by atoms with van der Waals surface area (Å²) in [7, 11) is 0. The van der Waals surface area contributed by atoms with Gasteiger partial charge in [0.05, 0.1) is 6.04 Å². The molecule has 0 fully saturated rings. The molecule has 1 atom stereocenters. The molecule has 0 saturated carbocycles. The number of benzene rings is 2. The Balaban J connectivity index is 1.89. The Morgan fingerprint density at radius 3 is 2.76 bits per heavy atom. The Hall–Kier alpha value is -2.07. The number of nitrogens with one attached hydrogen (secondary N) is 1. The number of halogens is 2. The molecule has 0 bridgehead atoms. The zero-order valence-electron chi connectivity index (χ0n) is 11.5. The van der Waals surface area contributed by atoms with Crippen molar-refractivity contribution in [3.63, 3.8) is 0 Å². The predicted molar refractivity (Wildman–Crippen MR) is 79.9 cm³/mol. The van der Waals surface area contributed by atoms with Crippen LogP contribution in [0.4, 0.5) is 4.39 Å². The number of amides is 1. The summed E-state index contributed by atoms with van der Waals surface area (Å²) in [4.78, 5) is 11.8. The van der Waals surface area contributed by atoms with Crippen LogP contribution in [0.25, 0.3) is 0 Å². The molecule has 2 aromatic rings. The van der Waals surface area contributed by atoms with E-state index in [1.807, 2.05) is 25.1 Å². The van der Waals surface area contributed by atoms with E-state index in [-0.39, 0.29) is 18.6 Å². The van der Waals surface area contributed by atoms with Crippen LogP contribution in [0, 0.1) is 5.82 Å². The van der Waals surface area contributed by atoms with E-state index in [1.54, 1.807) is 12.1 Å². The molecule has 0 unspecified atom stereocenters. The van der Waals surface area contributed by atoms with Crippen molar-refractivity contribution in [2.75, 3.05) is 6.61 Å². The fourth-order valence-electron chi connectivity index (χ4n) is 1.89. The third kappa shape index (κ3) is 4.46. The molecule has 0 saturated heterocycles. The third-order valence-electron chi connectivity index (χ3n) is 2.92. The monoisotopic (exact) mass is 307 g/mol. The van der Waals surface area contributed by atoms with Gasteiger partial charge in [0.25, 0.3) is 5.91 Å². The van der Waals surface area contributed by atoms with E-state index in [1.165, 1.54) is 18.2 Å². The molecule has 3 nitrogen and oxygen atoms in total. The highest BCUT2D eigenvalue weighted by molar-refractivity contribution is 6.31. The van der Waals surface area contributed by atoms with Crippen LogP contribution in [-0.4, -0.2) is 12.5 Å². The molecule has 0 spiro atoms. The van der Waals surface area contributed by atoms with E-state index >= 15 is 0 Å². The summed E-state index contributed by atoms with van der Waals surface area (Å²) < 4.78 is 18.2. The van der Waals surface area contributed by atoms with Gasteiger partial charge in [0, 0.05) is 11.1 Å². The quantitative estimate of drug-likeness (QED) is 0.914. The minimum absolute atomic E-state index is 0.182. The van der Waals surface area contributed by atoms with Gasteiger partial charge in [0.15, 0.2) is 6.61 Å². The lowest BCUT2D eigenvalue weighted by atomic mass is 10.1. The van der Waals surface area contributed by atoms with Gasteiger partial charge in [-0.3, -0.25) is 4.79 Å². The molecule has 1 amide bonds. The standard InChI is InChI=1S/C16H15ClFNO2/c1-11(14-7-2-3-8-15(14)17)19-16(20)10-21-13-6-4-5-12(18)9-13/h2-9,11H,10H2,1H3,(H,19,20)/t11-/m0/s1. The lowest BCUT2D eigenvalue weighted by Gasteiger charge is -2.16. The number of rotatable bonds is 5. The first-order valence-electron chi connectivity index (χ1n) is 6.48. The van der Waals surface area contributed by atoms with E-state index < -0.39 is 5.82 Å². The molecule has 0 aliphatic carbocycles. The summed E-state index contributed by atoms with van der Waals surface area (Å²) in [5.41, 5.74) is 0.832. The SMILES string of the molecule is C[C@H](NC(=O)COc1cccc(F)c1)c1ccccc1Cl. The maximum atomic E-state index is 13.0. The molecule has 0 aliphatic heterocycles. The van der Waals surface area contributed by atoms with Crippen molar-refractivity contribution in [2.45, 2.75) is 13.0 Å². The van der Waals surface area contributed by atoms with Crippen molar-refractivity contribution in [3.05, 3.63) is 64.9 Å². The van der Waals surface area contributed by atoms with Crippen LogP contribution < -0.4 is 10.1 Å². The van der Waals surface area contributed by atoms with Crippen molar-refractivity contribution in [1.29, 1.82) is 0 Å². The van der Waals surface area contributed by atoms with Crippen molar-refractivity contribution in [3.8, 4) is 5.75 Å². The lowest BCUT2D eigenvalue weighted by molar-refractivity contribution is -0.123. The number of hydrogen-bond donors (Lipinski definition) is 1. The van der Waals surface area contributed by atoms with Crippen LogP contribution >= 0.6 is 11.6 Å². The second-order valence-electron chi connectivity index (χ2n) is 4.56. The fraction of sp³-hybridized carbons (Fsp3) is 0.188. The van der Waals surface area contributed by atoms with Gasteiger partial charge in [0.1, 0.15) is 11.6 Å². The van der Waals surface area contributed by atoms with E-state index in [9.17, 15) is 9.18 Å². The van der Waals surface area contributed by atoms with Gasteiger partial charge in [-0.25, -0.2) is 4.39 Å². The van der Waals surface area contributed by atoms with Crippen molar-refractivity contribution in [1.82, 2.24) is 5.32 Å². The van der Waals surface area contributed by atoms with Gasteiger partial charge in [-0.15, -0.1) is 0 Å². The molecular weight excluding hydrogens is 293 g/mol. The summed E-state index contributed by atoms with van der Waals surface area (Å²) >= 11 is 6.07. The zero-order chi connectivity index (χ0) is 15.2. The molecule has 5 heteroatoms. The summed E-state index contributed by atoms with van der Waals surface area (Å²) in [6, 6.07) is 12.7. The molecule has 1 N–H and O–H groups in total. The highest BCUT2D eigenvalue weighted by atomic mass is 35.5. The number of carbonyl (C=O) groups is 1. The minimum atomic E-state index is -0.405. The first-order chi connectivity index (χ1) is 10.1. The summed E-state index contributed by atoms with van der Waals surface area (Å²) in [5.74, 6) is -0.389. The largest absolute Gasteiger partial charge is 0.484 e. The van der Waals surface area contributed by atoms with Gasteiger partial charge in [-0.2, -0.15) is 0 Å². The Morgan fingerprint density at radius 1 is 1.29 bits per heavy atom. The molecular formula is C16H15ClFNO2. The van der Waals surface area contributed by atoms with Crippen LogP contribution in [0.1, 0.15) is 18.5 Å². The number of ether oxygens (including phenoxy) is 1. The predicted octanol–water partition coefficient (Wildman–Crippen LogP) is 3.74. The van der Waals surface area contributed by atoms with Gasteiger partial charge in [-0.1, -0.05) is 35.9 Å². The van der Waals surface area contributed by atoms with Crippen molar-refractivity contribution >= 4 is 17.5 Å². The average molecular weight is 308 g/mol. The number of carbonyl (C=O) groups excluding carboxylic acids is 1. The third-order valence-corrected chi connectivity index (χ3v) is 3.26. The van der Waals surface area contributed by atoms with E-state index in [4.69, 9.17) is 16.3 Å². The molecule has 110 valence electrons. The van der Waals surface area contributed by atoms with Crippen LogP contribution in [0.3, 0.4) is 0 Å². The molecule has 0 heterocycles. The summed E-state index contributed by atoms with van der Waals surface area (Å²) in [6.07, 6.45) is 0. The van der Waals surface area contributed by atoms with Gasteiger partial charge in [0.2, 0.25) is 0 Å². The highest BCUT2D eigenvalue weighted by Gasteiger charge is 2.12. The minimum Gasteiger partial charge on any atom is -0.484 e. The van der Waals surface area contributed by atoms with Gasteiger partial charge < -0.3 is 10.1 Å². The van der Waals surface area contributed by atoms with Gasteiger partial charge in [-0.05, 0) is 30.7 Å². The molecule has 0 aromatic heterocycles. The molecule has 21 heavy (non-hydrogen) atoms. The second-order valence-corrected chi connectivity index (χ2v) is 4.96. The van der Waals surface area contributed by atoms with Crippen molar-refractivity contribution in [2.24, 2.45) is 0 Å². The van der Waals surface area contributed by atoms with E-state index in [0.29, 0.717) is 10.8 Å². The Labute approximate surface area is 127 Å². The lowest BCUT2D eigenvalue weighted by Crippen LogP contribution is -2.31. The van der Waals surface area contributed by atoms with Crippen LogP contribution in [0.5, 0.6) is 5.75 Å². The van der Waals surface area contributed by atoms with Crippen LogP contribution in [0.2, 0.25) is 5.02 Å². The normalized spacial score (nSPS) is 11.8. The molecule has 2 aromatic carbocycles. The Morgan fingerprint density at radius 2 is 2.05 bits per heavy atom. The smallest absolute Gasteiger partial charge is 0.258 e. The first kappa shape index (κ1) is 15.3. The van der Waals surface area contributed by atoms with E-state index in [2.05, 4.69) is 5.32 Å². The Bertz CT molecular complexity index is 633. The summed E-state index contributed by atoms with van der Waals surface area (Å²) in [5, 5.41) is 3.37. The fourth-order valence-corrected chi connectivity index (χ4v) is 2.19.